The van der Waals surface area contributed by atoms with Gasteiger partial charge < -0.3 is 37.9 Å². The minimum Gasteiger partial charge on any atom is -0.464 e. The van der Waals surface area contributed by atoms with Crippen molar-refractivity contribution in [3.8, 4) is 0 Å². The zero-order valence-corrected chi connectivity index (χ0v) is 35.6. The first-order valence-electron chi connectivity index (χ1n) is 16.0. The maximum Gasteiger partial charge on any atom is 0.368 e. The number of rotatable bonds is 16. The normalized spacial score (nSPS) is 12.2. The van der Waals surface area contributed by atoms with Crippen LogP contribution >= 0.6 is 47.0 Å². The Balaban J connectivity index is 6.09. The van der Waals surface area contributed by atoms with Gasteiger partial charge in [0, 0.05) is 0 Å². The molecule has 0 aliphatic heterocycles. The highest BCUT2D eigenvalue weighted by Gasteiger charge is 2.38. The Morgan fingerprint density at radius 3 is 0.660 bits per heavy atom. The zero-order valence-electron chi connectivity index (χ0n) is 32.3. The van der Waals surface area contributed by atoms with Crippen molar-refractivity contribution >= 4 is 92.1 Å². The Morgan fingerprint density at radius 2 is 0.509 bits per heavy atom. The van der Waals surface area contributed by atoms with Gasteiger partial charge in [0.1, 0.15) is 77.3 Å². The van der Waals surface area contributed by atoms with E-state index in [-0.39, 0.29) is 0 Å². The van der Waals surface area contributed by atoms with Gasteiger partial charge in [-0.1, -0.05) is 0 Å². The fourth-order valence-electron chi connectivity index (χ4n) is 2.94. The largest absolute Gasteiger partial charge is 0.464 e. The topological polar surface area (TPSA) is 210 Å². The molecule has 0 atom stereocenters. The van der Waals surface area contributed by atoms with E-state index in [4.69, 9.17) is 37.9 Å². The van der Waals surface area contributed by atoms with Crippen molar-refractivity contribution in [2.45, 2.75) is 105 Å². The van der Waals surface area contributed by atoms with Gasteiger partial charge in [-0.25, -0.2) is 19.2 Å². The third-order valence-corrected chi connectivity index (χ3v) is 7.74. The zero-order chi connectivity index (χ0) is 41.3. The van der Waals surface area contributed by atoms with E-state index in [9.17, 15) is 38.4 Å². The Kier molecular flexibility index (Phi) is 21.3. The molecule has 20 heteroatoms. The van der Waals surface area contributed by atoms with Crippen LogP contribution < -0.4 is 0 Å². The summed E-state index contributed by atoms with van der Waals surface area (Å²) in [7, 11) is 0. The second-order valence-corrected chi connectivity index (χ2v) is 18.8. The van der Waals surface area contributed by atoms with Crippen LogP contribution in [0.4, 0.5) is 19.2 Å². The van der Waals surface area contributed by atoms with Crippen LogP contribution in [0.15, 0.2) is 0 Å². The molecule has 0 aromatic rings. The van der Waals surface area contributed by atoms with Crippen LogP contribution in [-0.2, 0) is 57.1 Å². The quantitative estimate of drug-likeness (QED) is 0.115. The van der Waals surface area contributed by atoms with Gasteiger partial charge in [-0.2, -0.15) is 0 Å². The molecule has 0 saturated heterocycles. The van der Waals surface area contributed by atoms with Crippen molar-refractivity contribution in [1.29, 1.82) is 0 Å². The molecule has 0 heterocycles. The molecule has 0 aromatic carbocycles. The number of hydrogen-bond acceptors (Lipinski definition) is 20. The van der Waals surface area contributed by atoms with Crippen LogP contribution in [-0.4, -0.2) is 117 Å². The van der Waals surface area contributed by atoms with Gasteiger partial charge in [0.2, 0.25) is 0 Å². The summed E-state index contributed by atoms with van der Waals surface area (Å²) >= 11 is 2.10. The third-order valence-electron chi connectivity index (χ3n) is 4.95. The highest BCUT2D eigenvalue weighted by Crippen LogP contribution is 2.25. The molecule has 0 radical (unpaired) electrons. The maximum atomic E-state index is 12.7. The van der Waals surface area contributed by atoms with Crippen LogP contribution in [0.3, 0.4) is 0 Å². The fourth-order valence-corrected chi connectivity index (χ4v) is 5.45. The molecule has 0 aromatic heterocycles. The summed E-state index contributed by atoms with van der Waals surface area (Å²) in [5.74, 6) is -5.64. The van der Waals surface area contributed by atoms with E-state index in [2.05, 4.69) is 0 Å². The highest BCUT2D eigenvalue weighted by atomic mass is 32.2. The molecule has 16 nitrogen and oxygen atoms in total. The minimum atomic E-state index is -1.75. The Hall–Kier alpha value is -2.84. The number of thioether (sulfide) groups is 4. The summed E-state index contributed by atoms with van der Waals surface area (Å²) in [6.45, 7) is 17.0. The molecule has 0 unspecified atom stereocenters. The Labute approximate surface area is 327 Å². The van der Waals surface area contributed by atoms with Gasteiger partial charge in [-0.3, -0.25) is 19.2 Å². The van der Waals surface area contributed by atoms with Crippen LogP contribution in [0.25, 0.3) is 0 Å². The molecule has 0 fully saturated rings. The van der Waals surface area contributed by atoms with E-state index in [0.717, 1.165) is 0 Å². The first-order chi connectivity index (χ1) is 24.0. The fraction of sp³-hybridized carbons (Fsp3) is 0.758. The molecule has 0 saturated carbocycles. The number of carbonyl (C=O) groups excluding carboxylic acids is 8. The van der Waals surface area contributed by atoms with E-state index in [1.807, 2.05) is 0 Å². The molecule has 0 amide bonds. The van der Waals surface area contributed by atoms with E-state index in [1.54, 1.807) is 83.1 Å². The summed E-state index contributed by atoms with van der Waals surface area (Å²) in [5, 5.41) is -2.98. The van der Waals surface area contributed by atoms with Crippen molar-refractivity contribution in [3.63, 3.8) is 0 Å². The average molecular weight is 833 g/mol. The molecule has 0 spiro atoms. The van der Waals surface area contributed by atoms with Crippen molar-refractivity contribution in [2.24, 2.45) is 5.41 Å². The third kappa shape index (κ3) is 29.2. The van der Waals surface area contributed by atoms with Gasteiger partial charge in [-0.15, -0.1) is 0 Å². The van der Waals surface area contributed by atoms with E-state index < -0.39 is 122 Å². The van der Waals surface area contributed by atoms with Crippen LogP contribution in [0, 0.1) is 5.41 Å². The second kappa shape index (κ2) is 22.5. The monoisotopic (exact) mass is 832 g/mol. The molecule has 0 rings (SSSR count). The Bertz CT molecular complexity index is 1090. The van der Waals surface area contributed by atoms with Crippen molar-refractivity contribution in [3.05, 3.63) is 0 Å². The predicted octanol–water partition coefficient (Wildman–Crippen LogP) is 6.82. The number of hydrogen-bond donors (Lipinski definition) is 0. The molecular formula is C33H52O16S4. The van der Waals surface area contributed by atoms with E-state index >= 15 is 0 Å². The van der Waals surface area contributed by atoms with Gasteiger partial charge in [0.15, 0.2) is 0 Å². The summed E-state index contributed by atoms with van der Waals surface area (Å²) in [6.07, 6.45) is 0. The van der Waals surface area contributed by atoms with E-state index in [1.165, 1.54) is 0 Å². The highest BCUT2D eigenvalue weighted by molar-refractivity contribution is 8.14. The predicted molar refractivity (Wildman–Crippen MR) is 201 cm³/mol. The summed E-state index contributed by atoms with van der Waals surface area (Å²) < 4.78 is 42.1. The van der Waals surface area contributed by atoms with Gasteiger partial charge in [0.05, 0.1) is 0 Å². The van der Waals surface area contributed by atoms with Crippen molar-refractivity contribution in [2.75, 3.05) is 49.4 Å². The van der Waals surface area contributed by atoms with Crippen LogP contribution in [0.5, 0.6) is 0 Å². The van der Waals surface area contributed by atoms with E-state index in [0.29, 0.717) is 47.0 Å². The average Bonchev–Trinajstić information content (AvgIpc) is 2.96. The molecule has 0 aliphatic rings. The van der Waals surface area contributed by atoms with Crippen LogP contribution in [0.2, 0.25) is 0 Å². The van der Waals surface area contributed by atoms with Crippen molar-refractivity contribution < 1.29 is 76.3 Å². The SMILES string of the molecule is CC(C)(C)OC(=O)SCC(=O)OCC(COC(=O)CSC(=O)OC(C)(C)C)(COC(=O)CSC(=O)OC(C)(C)C)COC(=O)CSC(=O)OC(C)(C)C. The van der Waals surface area contributed by atoms with Crippen molar-refractivity contribution in [1.82, 2.24) is 0 Å². The molecule has 0 N–H and O–H groups in total. The molecule has 0 bridgehead atoms. The standard InChI is InChI=1S/C33H52O16S4/c1-29(2,3)46-25(38)50-13-21(34)42-17-33(18-43-22(35)14-51-26(39)47-30(4,5)6,19-44-23(36)15-52-27(40)48-31(7,8)9)20-45-24(37)16-53-28(41)49-32(10,11)12/h13-20H2,1-12H3. The molecule has 0 aliphatic carbocycles. The first-order valence-corrected chi connectivity index (χ1v) is 20.0. The lowest BCUT2D eigenvalue weighted by Crippen LogP contribution is -2.44. The summed E-state index contributed by atoms with van der Waals surface area (Å²) in [6, 6.07) is 0. The number of ether oxygens (including phenoxy) is 8. The first kappa shape index (κ1) is 50.2. The van der Waals surface area contributed by atoms with Gasteiger partial charge in [0.25, 0.3) is 0 Å². The van der Waals surface area contributed by atoms with Crippen LogP contribution in [0.1, 0.15) is 83.1 Å². The van der Waals surface area contributed by atoms with Gasteiger partial charge in [-0.05, 0) is 130 Å². The molecule has 53 heavy (non-hydrogen) atoms. The number of esters is 4. The van der Waals surface area contributed by atoms with Gasteiger partial charge >= 0.3 is 45.1 Å². The second-order valence-electron chi connectivity index (χ2n) is 15.2. The smallest absolute Gasteiger partial charge is 0.368 e. The lowest BCUT2D eigenvalue weighted by Gasteiger charge is -2.31. The lowest BCUT2D eigenvalue weighted by molar-refractivity contribution is -0.167. The number of carbonyl (C=O) groups is 8. The minimum absolute atomic E-state index is 0.490. The molecular weight excluding hydrogens is 781 g/mol. The summed E-state index contributed by atoms with van der Waals surface area (Å²) in [5.41, 5.74) is -5.01. The summed E-state index contributed by atoms with van der Waals surface area (Å²) in [4.78, 5) is 99.3. The molecule has 304 valence electrons. The Morgan fingerprint density at radius 1 is 0.340 bits per heavy atom. The lowest BCUT2D eigenvalue weighted by atomic mass is 9.92. The maximum absolute atomic E-state index is 12.7.